The standard InChI is InChI=1S/C11H12O5/c1-14-8-5-7(12)6-9(15-2)11(8)4-3-10(13)16-11/h5-6H,3-4H2,1-2H3. The molecule has 86 valence electrons. The van der Waals surface area contributed by atoms with Gasteiger partial charge in [-0.1, -0.05) is 0 Å². The minimum absolute atomic E-state index is 0.234. The van der Waals surface area contributed by atoms with Crippen molar-refractivity contribution in [1.29, 1.82) is 0 Å². The molecule has 0 amide bonds. The maximum atomic E-state index is 11.4. The van der Waals surface area contributed by atoms with Gasteiger partial charge in [-0.05, 0) is 0 Å². The first-order chi connectivity index (χ1) is 7.62. The molecule has 0 aromatic rings. The highest BCUT2D eigenvalue weighted by atomic mass is 16.6. The third-order valence-electron chi connectivity index (χ3n) is 2.75. The first-order valence-corrected chi connectivity index (χ1v) is 4.90. The summed E-state index contributed by atoms with van der Waals surface area (Å²) < 4.78 is 15.5. The molecule has 0 saturated carbocycles. The van der Waals surface area contributed by atoms with Crippen LogP contribution in [-0.2, 0) is 23.8 Å². The van der Waals surface area contributed by atoms with Crippen LogP contribution in [0.2, 0.25) is 0 Å². The molecule has 1 fully saturated rings. The number of ether oxygens (including phenoxy) is 3. The van der Waals surface area contributed by atoms with Gasteiger partial charge >= 0.3 is 5.97 Å². The Morgan fingerprint density at radius 3 is 2.12 bits per heavy atom. The molecular formula is C11H12O5. The average Bonchev–Trinajstić information content (AvgIpc) is 2.65. The van der Waals surface area contributed by atoms with Crippen LogP contribution >= 0.6 is 0 Å². The number of hydrogen-bond donors (Lipinski definition) is 0. The SMILES string of the molecule is COC1=CC(=O)C=C(OC)C12CCC(=O)O2. The lowest BCUT2D eigenvalue weighted by molar-refractivity contribution is -0.148. The quantitative estimate of drug-likeness (QED) is 0.646. The number of esters is 1. The van der Waals surface area contributed by atoms with Gasteiger partial charge < -0.3 is 14.2 Å². The minimum Gasteiger partial charge on any atom is -0.496 e. The lowest BCUT2D eigenvalue weighted by Gasteiger charge is -2.32. The van der Waals surface area contributed by atoms with Gasteiger partial charge in [0.05, 0.1) is 20.6 Å². The number of carbonyl (C=O) groups excluding carboxylic acids is 2. The fourth-order valence-electron chi connectivity index (χ4n) is 2.02. The summed E-state index contributed by atoms with van der Waals surface area (Å²) in [6.07, 6.45) is 3.36. The number of methoxy groups -OCH3 is 2. The topological polar surface area (TPSA) is 61.8 Å². The molecule has 1 saturated heterocycles. The van der Waals surface area contributed by atoms with E-state index in [-0.39, 0.29) is 18.2 Å². The van der Waals surface area contributed by atoms with Crippen LogP contribution in [0.1, 0.15) is 12.8 Å². The Morgan fingerprint density at radius 1 is 1.19 bits per heavy atom. The molecule has 0 atom stereocenters. The molecule has 5 heteroatoms. The van der Waals surface area contributed by atoms with Crippen molar-refractivity contribution in [2.24, 2.45) is 0 Å². The van der Waals surface area contributed by atoms with E-state index in [1.165, 1.54) is 26.4 Å². The third kappa shape index (κ3) is 1.39. The van der Waals surface area contributed by atoms with Crippen LogP contribution in [0.4, 0.5) is 0 Å². The minimum atomic E-state index is -1.03. The number of hydrogen-bond acceptors (Lipinski definition) is 5. The van der Waals surface area contributed by atoms with E-state index < -0.39 is 5.60 Å². The second kappa shape index (κ2) is 3.66. The summed E-state index contributed by atoms with van der Waals surface area (Å²) in [5.74, 6) is 0.0907. The molecule has 1 spiro atoms. The Balaban J connectivity index is 2.46. The Morgan fingerprint density at radius 2 is 1.75 bits per heavy atom. The van der Waals surface area contributed by atoms with Gasteiger partial charge in [0, 0.05) is 18.6 Å². The van der Waals surface area contributed by atoms with E-state index in [9.17, 15) is 9.59 Å². The first kappa shape index (κ1) is 10.7. The summed E-state index contributed by atoms with van der Waals surface area (Å²) in [6.45, 7) is 0. The number of carbonyl (C=O) groups is 2. The second-order valence-electron chi connectivity index (χ2n) is 3.63. The van der Waals surface area contributed by atoms with Gasteiger partial charge in [0.25, 0.3) is 0 Å². The molecule has 0 unspecified atom stereocenters. The fraction of sp³-hybridized carbons (Fsp3) is 0.455. The van der Waals surface area contributed by atoms with Crippen molar-refractivity contribution in [2.75, 3.05) is 14.2 Å². The van der Waals surface area contributed by atoms with Crippen LogP contribution in [0.25, 0.3) is 0 Å². The molecular weight excluding hydrogens is 212 g/mol. The lowest BCUT2D eigenvalue weighted by Crippen LogP contribution is -2.38. The Hall–Kier alpha value is -1.78. The molecule has 0 aromatic heterocycles. The van der Waals surface area contributed by atoms with Crippen LogP contribution in [-0.4, -0.2) is 31.6 Å². The van der Waals surface area contributed by atoms with Gasteiger partial charge in [0.1, 0.15) is 0 Å². The van der Waals surface area contributed by atoms with E-state index in [1.807, 2.05) is 0 Å². The highest BCUT2D eigenvalue weighted by Crippen LogP contribution is 2.42. The first-order valence-electron chi connectivity index (χ1n) is 4.90. The van der Waals surface area contributed by atoms with Crippen molar-refractivity contribution < 1.29 is 23.8 Å². The van der Waals surface area contributed by atoms with Crippen molar-refractivity contribution in [2.45, 2.75) is 18.4 Å². The van der Waals surface area contributed by atoms with E-state index >= 15 is 0 Å². The van der Waals surface area contributed by atoms with Crippen molar-refractivity contribution in [1.82, 2.24) is 0 Å². The van der Waals surface area contributed by atoms with Crippen molar-refractivity contribution in [3.8, 4) is 0 Å². The Kier molecular flexibility index (Phi) is 2.46. The van der Waals surface area contributed by atoms with Crippen molar-refractivity contribution >= 4 is 11.8 Å². The molecule has 16 heavy (non-hydrogen) atoms. The highest BCUT2D eigenvalue weighted by Gasteiger charge is 2.51. The van der Waals surface area contributed by atoms with Crippen molar-refractivity contribution in [3.05, 3.63) is 23.7 Å². The monoisotopic (exact) mass is 224 g/mol. The maximum absolute atomic E-state index is 11.4. The van der Waals surface area contributed by atoms with E-state index in [4.69, 9.17) is 14.2 Å². The number of rotatable bonds is 2. The summed E-state index contributed by atoms with van der Waals surface area (Å²) in [5.41, 5.74) is -1.03. The largest absolute Gasteiger partial charge is 0.496 e. The Labute approximate surface area is 92.7 Å². The molecule has 0 bridgehead atoms. The summed E-state index contributed by atoms with van der Waals surface area (Å²) >= 11 is 0. The van der Waals surface area contributed by atoms with E-state index in [1.54, 1.807) is 0 Å². The van der Waals surface area contributed by atoms with Gasteiger partial charge in [-0.2, -0.15) is 0 Å². The number of allylic oxidation sites excluding steroid dienone is 2. The van der Waals surface area contributed by atoms with Crippen LogP contribution in [0, 0.1) is 0 Å². The summed E-state index contributed by atoms with van der Waals surface area (Å²) in [7, 11) is 2.87. The third-order valence-corrected chi connectivity index (χ3v) is 2.75. The van der Waals surface area contributed by atoms with Crippen LogP contribution in [0.3, 0.4) is 0 Å². The lowest BCUT2D eigenvalue weighted by atomic mass is 9.89. The van der Waals surface area contributed by atoms with E-state index in [2.05, 4.69) is 0 Å². The molecule has 5 nitrogen and oxygen atoms in total. The van der Waals surface area contributed by atoms with Gasteiger partial charge in [0.2, 0.25) is 5.60 Å². The predicted octanol–water partition coefficient (Wildman–Crippen LogP) is 0.705. The molecule has 1 aliphatic heterocycles. The maximum Gasteiger partial charge on any atom is 0.307 e. The predicted molar refractivity (Wildman–Crippen MR) is 53.2 cm³/mol. The molecule has 1 heterocycles. The average molecular weight is 224 g/mol. The van der Waals surface area contributed by atoms with Gasteiger partial charge in [0.15, 0.2) is 17.3 Å². The van der Waals surface area contributed by atoms with Crippen molar-refractivity contribution in [3.63, 3.8) is 0 Å². The van der Waals surface area contributed by atoms with Gasteiger partial charge in [-0.25, -0.2) is 0 Å². The van der Waals surface area contributed by atoms with Crippen LogP contribution < -0.4 is 0 Å². The summed E-state index contributed by atoms with van der Waals surface area (Å²) in [5, 5.41) is 0. The van der Waals surface area contributed by atoms with Crippen LogP contribution in [0.15, 0.2) is 23.7 Å². The van der Waals surface area contributed by atoms with Crippen LogP contribution in [0.5, 0.6) is 0 Å². The molecule has 1 aliphatic carbocycles. The molecule has 0 aromatic carbocycles. The molecule has 2 aliphatic rings. The molecule has 0 radical (unpaired) electrons. The Bertz CT molecular complexity index is 381. The summed E-state index contributed by atoms with van der Waals surface area (Å²) in [4.78, 5) is 22.6. The van der Waals surface area contributed by atoms with Gasteiger partial charge in [-0.3, -0.25) is 9.59 Å². The zero-order valence-corrected chi connectivity index (χ0v) is 9.11. The van der Waals surface area contributed by atoms with E-state index in [0.717, 1.165) is 0 Å². The van der Waals surface area contributed by atoms with Gasteiger partial charge in [-0.15, -0.1) is 0 Å². The normalized spacial score (nSPS) is 22.6. The molecule has 0 N–H and O–H groups in total. The van der Waals surface area contributed by atoms with E-state index in [0.29, 0.717) is 17.9 Å². The fourth-order valence-corrected chi connectivity index (χ4v) is 2.02. The summed E-state index contributed by atoms with van der Waals surface area (Å²) in [6, 6.07) is 0. The highest BCUT2D eigenvalue weighted by molar-refractivity contribution is 6.02. The zero-order valence-electron chi connectivity index (χ0n) is 9.11. The number of ketones is 1. The second-order valence-corrected chi connectivity index (χ2v) is 3.63. The molecule has 2 rings (SSSR count). The zero-order chi connectivity index (χ0) is 11.8. The smallest absolute Gasteiger partial charge is 0.307 e.